The minimum Gasteiger partial charge on any atom is -0.451 e. The molecule has 0 unspecified atom stereocenters. The topological polar surface area (TPSA) is 51.2 Å². The van der Waals surface area contributed by atoms with Gasteiger partial charge in [0.1, 0.15) is 5.75 Å². The number of para-hydroxylation sites is 2. The van der Waals surface area contributed by atoms with E-state index in [1.807, 2.05) is 36.4 Å². The molecule has 0 fully saturated rings. The fourth-order valence-electron chi connectivity index (χ4n) is 2.20. The molecule has 1 aromatic heterocycles. The minimum atomic E-state index is -0.112. The number of aromatic nitrogens is 1. The maximum absolute atomic E-state index is 12.1. The number of carbonyl (C=O) groups is 1. The Morgan fingerprint density at radius 1 is 1.10 bits per heavy atom. The number of ketones is 1. The van der Waals surface area contributed by atoms with E-state index in [2.05, 4.69) is 10.3 Å². The fraction of sp³-hybridized carbons (Fsp3) is 0. The van der Waals surface area contributed by atoms with Crippen LogP contribution in [0.5, 0.6) is 5.75 Å². The number of hydrogen-bond donors (Lipinski definition) is 1. The summed E-state index contributed by atoms with van der Waals surface area (Å²) in [4.78, 5) is 16.6. The van der Waals surface area contributed by atoms with Crippen LogP contribution in [0.15, 0.2) is 60.5 Å². The molecule has 4 rings (SSSR count). The standard InChI is InChI=1S/C16H10N2O2S/c19-15-10-5-1-3-7-12(10)20-13(15)9-17-16-18-11-6-2-4-8-14(11)21-16/h1-9H,(H,17,18)/b13-9-. The van der Waals surface area contributed by atoms with E-state index in [1.165, 1.54) is 11.3 Å². The molecule has 2 aromatic carbocycles. The lowest BCUT2D eigenvalue weighted by atomic mass is 10.1. The van der Waals surface area contributed by atoms with E-state index < -0.39 is 0 Å². The van der Waals surface area contributed by atoms with Crippen molar-refractivity contribution in [1.29, 1.82) is 0 Å². The Hall–Kier alpha value is -2.66. The molecule has 102 valence electrons. The van der Waals surface area contributed by atoms with Crippen molar-refractivity contribution in [3.63, 3.8) is 0 Å². The zero-order valence-electron chi connectivity index (χ0n) is 10.9. The SMILES string of the molecule is O=C1/C(=C/Nc2nc3ccccc3s2)Oc2ccccc21. The summed E-state index contributed by atoms with van der Waals surface area (Å²) in [5.74, 6) is 0.773. The van der Waals surface area contributed by atoms with Crippen LogP contribution < -0.4 is 10.1 Å². The summed E-state index contributed by atoms with van der Waals surface area (Å²) in [5, 5.41) is 3.77. The summed E-state index contributed by atoms with van der Waals surface area (Å²) in [6.07, 6.45) is 1.57. The molecule has 1 N–H and O–H groups in total. The lowest BCUT2D eigenvalue weighted by molar-refractivity contribution is 0.101. The monoisotopic (exact) mass is 294 g/mol. The first kappa shape index (κ1) is 12.1. The highest BCUT2D eigenvalue weighted by Crippen LogP contribution is 2.31. The van der Waals surface area contributed by atoms with Crippen molar-refractivity contribution >= 4 is 32.5 Å². The summed E-state index contributed by atoms with van der Waals surface area (Å²) < 4.78 is 6.64. The summed E-state index contributed by atoms with van der Waals surface area (Å²) in [7, 11) is 0. The number of rotatable bonds is 2. The number of carbonyl (C=O) groups excluding carboxylic acids is 1. The van der Waals surface area contributed by atoms with E-state index in [1.54, 1.807) is 18.3 Å². The first-order valence-electron chi connectivity index (χ1n) is 6.45. The molecule has 0 radical (unpaired) electrons. The van der Waals surface area contributed by atoms with Crippen molar-refractivity contribution in [3.05, 3.63) is 66.1 Å². The Kier molecular flexibility index (Phi) is 2.72. The maximum Gasteiger partial charge on any atom is 0.233 e. The molecule has 3 aromatic rings. The normalized spacial score (nSPS) is 15.2. The van der Waals surface area contributed by atoms with Crippen molar-refractivity contribution in [3.8, 4) is 5.75 Å². The lowest BCUT2D eigenvalue weighted by Crippen LogP contribution is -2.01. The third-order valence-corrected chi connectivity index (χ3v) is 4.16. The summed E-state index contributed by atoms with van der Waals surface area (Å²) in [5.41, 5.74) is 1.53. The fourth-order valence-corrected chi connectivity index (χ4v) is 3.03. The van der Waals surface area contributed by atoms with Crippen LogP contribution in [0.2, 0.25) is 0 Å². The van der Waals surface area contributed by atoms with Crippen LogP contribution in [0, 0.1) is 0 Å². The molecule has 1 aliphatic heterocycles. The molecule has 1 aliphatic rings. The van der Waals surface area contributed by atoms with Crippen molar-refractivity contribution in [2.45, 2.75) is 0 Å². The van der Waals surface area contributed by atoms with E-state index in [0.29, 0.717) is 11.3 Å². The number of benzene rings is 2. The average molecular weight is 294 g/mol. The Bertz CT molecular complexity index is 850. The molecule has 0 saturated carbocycles. The van der Waals surface area contributed by atoms with Crippen LogP contribution in [0.4, 0.5) is 5.13 Å². The summed E-state index contributed by atoms with van der Waals surface area (Å²) in [6.45, 7) is 0. The van der Waals surface area contributed by atoms with Crippen molar-refractivity contribution in [2.75, 3.05) is 5.32 Å². The molecule has 2 heterocycles. The first-order valence-corrected chi connectivity index (χ1v) is 7.27. The van der Waals surface area contributed by atoms with Crippen molar-refractivity contribution in [1.82, 2.24) is 4.98 Å². The molecule has 0 saturated heterocycles. The Labute approximate surface area is 124 Å². The zero-order chi connectivity index (χ0) is 14.2. The number of nitrogens with zero attached hydrogens (tertiary/aromatic N) is 1. The molecule has 0 bridgehead atoms. The third kappa shape index (κ3) is 2.08. The van der Waals surface area contributed by atoms with Crippen LogP contribution in [-0.2, 0) is 0 Å². The zero-order valence-corrected chi connectivity index (χ0v) is 11.7. The Balaban J connectivity index is 1.61. The largest absolute Gasteiger partial charge is 0.451 e. The van der Waals surface area contributed by atoms with Gasteiger partial charge in [-0.1, -0.05) is 35.6 Å². The predicted molar refractivity (Wildman–Crippen MR) is 82.7 cm³/mol. The van der Waals surface area contributed by atoms with Crippen LogP contribution in [-0.4, -0.2) is 10.8 Å². The second-order valence-corrected chi connectivity index (χ2v) is 5.60. The van der Waals surface area contributed by atoms with Crippen molar-refractivity contribution < 1.29 is 9.53 Å². The number of hydrogen-bond acceptors (Lipinski definition) is 5. The molecule has 0 atom stereocenters. The van der Waals surface area contributed by atoms with Crippen LogP contribution in [0.3, 0.4) is 0 Å². The van der Waals surface area contributed by atoms with Crippen molar-refractivity contribution in [2.24, 2.45) is 0 Å². The van der Waals surface area contributed by atoms with Gasteiger partial charge in [0.2, 0.25) is 5.78 Å². The number of nitrogens with one attached hydrogen (secondary N) is 1. The maximum atomic E-state index is 12.1. The Morgan fingerprint density at radius 3 is 2.76 bits per heavy atom. The number of fused-ring (bicyclic) bond motifs is 2. The second-order valence-electron chi connectivity index (χ2n) is 4.57. The quantitative estimate of drug-likeness (QED) is 0.730. The number of Topliss-reactive ketones (excluding diaryl/α,β-unsaturated/α-hetero) is 1. The van der Waals surface area contributed by atoms with Crippen LogP contribution in [0.25, 0.3) is 10.2 Å². The van der Waals surface area contributed by atoms with E-state index >= 15 is 0 Å². The van der Waals surface area contributed by atoms with Gasteiger partial charge in [0.25, 0.3) is 0 Å². The van der Waals surface area contributed by atoms with Gasteiger partial charge in [-0.05, 0) is 24.3 Å². The van der Waals surface area contributed by atoms with Gasteiger partial charge >= 0.3 is 0 Å². The van der Waals surface area contributed by atoms with Gasteiger partial charge < -0.3 is 10.1 Å². The van der Waals surface area contributed by atoms with Gasteiger partial charge in [0, 0.05) is 0 Å². The Morgan fingerprint density at radius 2 is 1.90 bits per heavy atom. The molecule has 4 nitrogen and oxygen atoms in total. The van der Waals surface area contributed by atoms with Crippen LogP contribution >= 0.6 is 11.3 Å². The third-order valence-electron chi connectivity index (χ3n) is 3.20. The van der Waals surface area contributed by atoms with E-state index in [0.717, 1.165) is 15.3 Å². The summed E-state index contributed by atoms with van der Waals surface area (Å²) >= 11 is 1.53. The van der Waals surface area contributed by atoms with Gasteiger partial charge in [0.05, 0.1) is 22.0 Å². The number of allylic oxidation sites excluding steroid dienone is 1. The molecule has 21 heavy (non-hydrogen) atoms. The average Bonchev–Trinajstić information content (AvgIpc) is 3.07. The van der Waals surface area contributed by atoms with Gasteiger partial charge in [-0.25, -0.2) is 4.98 Å². The molecule has 0 spiro atoms. The summed E-state index contributed by atoms with van der Waals surface area (Å²) in [6, 6.07) is 15.1. The van der Waals surface area contributed by atoms with E-state index in [4.69, 9.17) is 4.74 Å². The number of ether oxygens (including phenoxy) is 1. The highest BCUT2D eigenvalue weighted by molar-refractivity contribution is 7.22. The molecule has 0 amide bonds. The van der Waals surface area contributed by atoms with Gasteiger partial charge in [-0.3, -0.25) is 4.79 Å². The van der Waals surface area contributed by atoms with Gasteiger partial charge in [-0.2, -0.15) is 0 Å². The molecular weight excluding hydrogens is 284 g/mol. The van der Waals surface area contributed by atoms with E-state index in [9.17, 15) is 4.79 Å². The van der Waals surface area contributed by atoms with Gasteiger partial charge in [0.15, 0.2) is 10.9 Å². The molecular formula is C16H10N2O2S. The molecule has 5 heteroatoms. The smallest absolute Gasteiger partial charge is 0.233 e. The van der Waals surface area contributed by atoms with E-state index in [-0.39, 0.29) is 11.5 Å². The highest BCUT2D eigenvalue weighted by Gasteiger charge is 2.26. The van der Waals surface area contributed by atoms with Crippen LogP contribution in [0.1, 0.15) is 10.4 Å². The molecule has 0 aliphatic carbocycles. The first-order chi connectivity index (χ1) is 10.3. The lowest BCUT2D eigenvalue weighted by Gasteiger charge is -1.98. The second kappa shape index (κ2) is 4.71. The predicted octanol–water partition coefficient (Wildman–Crippen LogP) is 3.82. The minimum absolute atomic E-state index is 0.112. The number of anilines is 1. The highest BCUT2D eigenvalue weighted by atomic mass is 32.1. The number of thiazole rings is 1. The van der Waals surface area contributed by atoms with Gasteiger partial charge in [-0.15, -0.1) is 0 Å².